The highest BCUT2D eigenvalue weighted by atomic mass is 127. The van der Waals surface area contributed by atoms with Crippen LogP contribution in [0.2, 0.25) is 5.15 Å². The molecular weight excluding hydrogens is 326 g/mol. The van der Waals surface area contributed by atoms with Gasteiger partial charge in [-0.05, 0) is 46.9 Å². The summed E-state index contributed by atoms with van der Waals surface area (Å²) in [5.74, 6) is 0.898. The number of pyridine rings is 1. The van der Waals surface area contributed by atoms with Gasteiger partial charge in [0.25, 0.3) is 0 Å². The number of hydrogen-bond acceptors (Lipinski definition) is 3. The van der Waals surface area contributed by atoms with Crippen molar-refractivity contribution in [2.75, 3.05) is 5.32 Å². The van der Waals surface area contributed by atoms with Gasteiger partial charge in [-0.15, -0.1) is 0 Å². The molecule has 0 radical (unpaired) electrons. The lowest BCUT2D eigenvalue weighted by Gasteiger charge is -2.02. The number of rotatable bonds is 3. The summed E-state index contributed by atoms with van der Waals surface area (Å²) in [6.07, 6.45) is 1.69. The molecule has 0 bridgehead atoms. The zero-order chi connectivity index (χ0) is 10.7. The monoisotopic (exact) mass is 334 g/mol. The molecule has 78 valence electrons. The van der Waals surface area contributed by atoms with Gasteiger partial charge in [-0.25, -0.2) is 4.98 Å². The Hall–Kier alpha value is -0.750. The van der Waals surface area contributed by atoms with Gasteiger partial charge < -0.3 is 9.73 Å². The molecule has 5 heteroatoms. The first-order chi connectivity index (χ1) is 7.24. The van der Waals surface area contributed by atoms with Crippen LogP contribution >= 0.6 is 34.2 Å². The Balaban J connectivity index is 1.96. The number of nitrogens with one attached hydrogen (secondary N) is 1. The van der Waals surface area contributed by atoms with E-state index in [9.17, 15) is 0 Å². The van der Waals surface area contributed by atoms with Gasteiger partial charge in [-0.3, -0.25) is 0 Å². The van der Waals surface area contributed by atoms with E-state index in [1.54, 1.807) is 12.3 Å². The molecular formula is C10H8ClIN2O. The molecule has 0 fully saturated rings. The summed E-state index contributed by atoms with van der Waals surface area (Å²) in [6.45, 7) is 0.645. The van der Waals surface area contributed by atoms with Crippen LogP contribution in [-0.2, 0) is 6.54 Å². The summed E-state index contributed by atoms with van der Waals surface area (Å²) in [5, 5.41) is 3.68. The van der Waals surface area contributed by atoms with Crippen molar-refractivity contribution in [3.05, 3.63) is 45.1 Å². The van der Waals surface area contributed by atoms with Crippen molar-refractivity contribution in [1.29, 1.82) is 0 Å². The maximum atomic E-state index is 5.67. The second-order valence-electron chi connectivity index (χ2n) is 2.93. The highest BCUT2D eigenvalue weighted by Crippen LogP contribution is 2.13. The fraction of sp³-hybridized carbons (Fsp3) is 0.100. The second kappa shape index (κ2) is 4.85. The molecule has 3 nitrogen and oxygen atoms in total. The lowest BCUT2D eigenvalue weighted by Crippen LogP contribution is -1.98. The number of anilines is 1. The van der Waals surface area contributed by atoms with Gasteiger partial charge in [0, 0.05) is 0 Å². The van der Waals surface area contributed by atoms with Crippen molar-refractivity contribution in [2.24, 2.45) is 0 Å². The maximum absolute atomic E-state index is 5.67. The number of nitrogens with zero attached hydrogens (tertiary/aromatic N) is 1. The summed E-state index contributed by atoms with van der Waals surface area (Å²) in [7, 11) is 0. The fourth-order valence-electron chi connectivity index (χ4n) is 1.12. The van der Waals surface area contributed by atoms with Crippen LogP contribution in [0.4, 0.5) is 5.69 Å². The molecule has 0 aliphatic heterocycles. The minimum Gasteiger partial charge on any atom is -0.454 e. The molecule has 0 aliphatic rings. The molecule has 0 atom stereocenters. The molecule has 2 heterocycles. The summed E-state index contributed by atoms with van der Waals surface area (Å²) in [4.78, 5) is 3.97. The van der Waals surface area contributed by atoms with Crippen LogP contribution < -0.4 is 5.32 Å². The smallest absolute Gasteiger partial charge is 0.164 e. The van der Waals surface area contributed by atoms with E-state index in [2.05, 4.69) is 32.9 Å². The first kappa shape index (κ1) is 10.8. The van der Waals surface area contributed by atoms with Crippen molar-refractivity contribution in [2.45, 2.75) is 6.54 Å². The van der Waals surface area contributed by atoms with Crippen molar-refractivity contribution < 1.29 is 4.42 Å². The van der Waals surface area contributed by atoms with Crippen LogP contribution in [0.15, 0.2) is 34.9 Å². The van der Waals surface area contributed by atoms with E-state index in [4.69, 9.17) is 16.0 Å². The zero-order valence-electron chi connectivity index (χ0n) is 7.71. The van der Waals surface area contributed by atoms with E-state index in [-0.39, 0.29) is 0 Å². The van der Waals surface area contributed by atoms with Gasteiger partial charge in [-0.1, -0.05) is 11.6 Å². The van der Waals surface area contributed by atoms with E-state index in [1.807, 2.05) is 18.2 Å². The first-order valence-corrected chi connectivity index (χ1v) is 5.79. The van der Waals surface area contributed by atoms with Crippen molar-refractivity contribution in [3.8, 4) is 0 Å². The van der Waals surface area contributed by atoms with Gasteiger partial charge in [0.2, 0.25) is 0 Å². The van der Waals surface area contributed by atoms with E-state index in [0.717, 1.165) is 15.2 Å². The summed E-state index contributed by atoms with van der Waals surface area (Å²) < 4.78 is 6.29. The molecule has 0 amide bonds. The minimum absolute atomic E-state index is 0.494. The fourth-order valence-corrected chi connectivity index (χ4v) is 1.69. The van der Waals surface area contributed by atoms with Crippen LogP contribution in [0.25, 0.3) is 0 Å². The molecule has 0 saturated heterocycles. The SMILES string of the molecule is Clc1ccc(NCc2ccc(I)o2)cn1. The molecule has 0 aromatic carbocycles. The van der Waals surface area contributed by atoms with Gasteiger partial charge in [-0.2, -0.15) is 0 Å². The molecule has 0 spiro atoms. The Morgan fingerprint density at radius 1 is 1.33 bits per heavy atom. The van der Waals surface area contributed by atoms with Crippen LogP contribution in [0.5, 0.6) is 0 Å². The second-order valence-corrected chi connectivity index (χ2v) is 4.38. The Morgan fingerprint density at radius 2 is 2.20 bits per heavy atom. The normalized spacial score (nSPS) is 10.3. The molecule has 2 aromatic heterocycles. The average molecular weight is 335 g/mol. The molecule has 15 heavy (non-hydrogen) atoms. The number of aromatic nitrogens is 1. The minimum atomic E-state index is 0.494. The predicted molar refractivity (Wildman–Crippen MR) is 68.0 cm³/mol. The Bertz CT molecular complexity index is 441. The molecule has 0 aliphatic carbocycles. The largest absolute Gasteiger partial charge is 0.454 e. The van der Waals surface area contributed by atoms with E-state index < -0.39 is 0 Å². The van der Waals surface area contributed by atoms with Gasteiger partial charge in [0.1, 0.15) is 10.9 Å². The average Bonchev–Trinajstić information content (AvgIpc) is 2.64. The third-order valence-corrected chi connectivity index (χ3v) is 2.63. The Morgan fingerprint density at radius 3 is 2.80 bits per heavy atom. The Kier molecular flexibility index (Phi) is 3.48. The van der Waals surface area contributed by atoms with E-state index in [1.165, 1.54) is 0 Å². The predicted octanol–water partition coefficient (Wildman–Crippen LogP) is 3.54. The maximum Gasteiger partial charge on any atom is 0.164 e. The highest BCUT2D eigenvalue weighted by Gasteiger charge is 1.99. The van der Waals surface area contributed by atoms with Crippen molar-refractivity contribution in [1.82, 2.24) is 4.98 Å². The molecule has 2 aromatic rings. The lowest BCUT2D eigenvalue weighted by molar-refractivity contribution is 0.493. The zero-order valence-corrected chi connectivity index (χ0v) is 10.6. The number of hydrogen-bond donors (Lipinski definition) is 1. The quantitative estimate of drug-likeness (QED) is 0.689. The van der Waals surface area contributed by atoms with E-state index in [0.29, 0.717) is 11.7 Å². The third kappa shape index (κ3) is 3.10. The number of halogens is 2. The van der Waals surface area contributed by atoms with Gasteiger partial charge in [0.05, 0.1) is 18.4 Å². The summed E-state index contributed by atoms with van der Waals surface area (Å²) >= 11 is 7.81. The van der Waals surface area contributed by atoms with E-state index >= 15 is 0 Å². The summed E-state index contributed by atoms with van der Waals surface area (Å²) in [5.41, 5.74) is 0.922. The third-order valence-electron chi connectivity index (χ3n) is 1.82. The Labute approximate surface area is 106 Å². The molecule has 2 rings (SSSR count). The topological polar surface area (TPSA) is 38.1 Å². The first-order valence-electron chi connectivity index (χ1n) is 4.34. The summed E-state index contributed by atoms with van der Waals surface area (Å²) in [6, 6.07) is 7.49. The standard InChI is InChI=1S/C10H8ClIN2O/c11-9-3-1-7(5-14-9)13-6-8-2-4-10(12)15-8/h1-5,13H,6H2. The van der Waals surface area contributed by atoms with Gasteiger partial charge >= 0.3 is 0 Å². The number of furan rings is 1. The van der Waals surface area contributed by atoms with Crippen molar-refractivity contribution >= 4 is 39.9 Å². The van der Waals surface area contributed by atoms with Crippen molar-refractivity contribution in [3.63, 3.8) is 0 Å². The van der Waals surface area contributed by atoms with Crippen LogP contribution in [0.3, 0.4) is 0 Å². The van der Waals surface area contributed by atoms with Crippen LogP contribution in [0, 0.1) is 3.77 Å². The van der Waals surface area contributed by atoms with Crippen LogP contribution in [-0.4, -0.2) is 4.98 Å². The van der Waals surface area contributed by atoms with Crippen LogP contribution in [0.1, 0.15) is 5.76 Å². The molecule has 1 N–H and O–H groups in total. The molecule has 0 unspecified atom stereocenters. The highest BCUT2D eigenvalue weighted by molar-refractivity contribution is 14.1. The van der Waals surface area contributed by atoms with Gasteiger partial charge in [0.15, 0.2) is 3.77 Å². The lowest BCUT2D eigenvalue weighted by atomic mass is 10.4. The molecule has 0 saturated carbocycles.